The summed E-state index contributed by atoms with van der Waals surface area (Å²) >= 11 is 0. The molecule has 0 radical (unpaired) electrons. The van der Waals surface area contributed by atoms with Gasteiger partial charge in [-0.05, 0) is 51.1 Å². The van der Waals surface area contributed by atoms with Gasteiger partial charge < -0.3 is 52.8 Å². The summed E-state index contributed by atoms with van der Waals surface area (Å²) < 4.78 is 10.8. The van der Waals surface area contributed by atoms with Crippen LogP contribution in [-0.2, 0) is 33.4 Å². The van der Waals surface area contributed by atoms with Crippen LogP contribution in [0, 0.1) is 0 Å². The number of hydrogen-bond donors (Lipinski definition) is 8. The van der Waals surface area contributed by atoms with Crippen LogP contribution in [0.1, 0.15) is 59.3 Å². The third-order valence-electron chi connectivity index (χ3n) is 6.09. The van der Waals surface area contributed by atoms with Crippen molar-refractivity contribution in [3.05, 3.63) is 12.2 Å². The van der Waals surface area contributed by atoms with Gasteiger partial charge in [0.2, 0.25) is 29.5 Å². The van der Waals surface area contributed by atoms with Gasteiger partial charge in [0.05, 0.1) is 26.4 Å². The Bertz CT molecular complexity index is 933. The lowest BCUT2D eigenvalue weighted by atomic mass is 10.0. The zero-order valence-corrected chi connectivity index (χ0v) is 26.3. The Balaban J connectivity index is 5.06. The van der Waals surface area contributed by atoms with Crippen molar-refractivity contribution in [2.24, 2.45) is 11.5 Å². The maximum absolute atomic E-state index is 13.2. The number of primary amides is 1. The summed E-state index contributed by atoms with van der Waals surface area (Å²) in [6, 6.07) is -3.77. The van der Waals surface area contributed by atoms with E-state index in [1.165, 1.54) is 6.92 Å². The molecule has 7 amide bonds. The summed E-state index contributed by atoms with van der Waals surface area (Å²) in [7, 11) is 0. The van der Waals surface area contributed by atoms with Gasteiger partial charge in [-0.1, -0.05) is 13.5 Å². The van der Waals surface area contributed by atoms with Gasteiger partial charge >= 0.3 is 6.03 Å². The average molecular weight is 629 g/mol. The van der Waals surface area contributed by atoms with Crippen molar-refractivity contribution >= 4 is 35.6 Å². The van der Waals surface area contributed by atoms with Gasteiger partial charge in [0.25, 0.3) is 0 Å². The number of hydrogen-bond acceptors (Lipinski definition) is 9. The molecule has 0 aromatic rings. The third kappa shape index (κ3) is 20.2. The van der Waals surface area contributed by atoms with Crippen molar-refractivity contribution in [2.45, 2.75) is 77.4 Å². The first-order valence-electron chi connectivity index (χ1n) is 14.9. The number of rotatable bonds is 25. The molecule has 0 saturated heterocycles. The van der Waals surface area contributed by atoms with Crippen molar-refractivity contribution in [2.75, 3.05) is 52.6 Å². The Kier molecular flexibility index (Phi) is 22.6. The summed E-state index contributed by atoms with van der Waals surface area (Å²) in [5.41, 5.74) is 10.9. The second kappa shape index (κ2) is 24.7. The van der Waals surface area contributed by atoms with Crippen molar-refractivity contribution in [3.63, 3.8) is 0 Å². The maximum Gasteiger partial charge on any atom is 0.312 e. The molecule has 0 aliphatic carbocycles. The van der Waals surface area contributed by atoms with Crippen molar-refractivity contribution in [3.8, 4) is 0 Å². The molecule has 0 bridgehead atoms. The maximum atomic E-state index is 13.2. The fourth-order valence-corrected chi connectivity index (χ4v) is 3.78. The molecule has 252 valence electrons. The molecule has 0 spiro atoms. The van der Waals surface area contributed by atoms with E-state index in [0.717, 1.165) is 0 Å². The zero-order valence-electron chi connectivity index (χ0n) is 26.3. The smallest absolute Gasteiger partial charge is 0.312 e. The number of carbonyl (C=O) groups excluding carboxylic acids is 6. The number of amides is 7. The molecule has 0 aromatic heterocycles. The monoisotopic (exact) mass is 628 g/mol. The molecular formula is C28H52N8O8. The Labute approximate surface area is 259 Å². The van der Waals surface area contributed by atoms with E-state index in [1.54, 1.807) is 13.8 Å². The van der Waals surface area contributed by atoms with Crippen LogP contribution >= 0.6 is 0 Å². The summed E-state index contributed by atoms with van der Waals surface area (Å²) in [6.07, 6.45) is 2.47. The molecule has 0 aromatic carbocycles. The minimum atomic E-state index is -1.18. The predicted molar refractivity (Wildman–Crippen MR) is 164 cm³/mol. The molecule has 0 saturated carbocycles. The summed E-state index contributed by atoms with van der Waals surface area (Å²) in [5.74, 6) is -2.18. The van der Waals surface area contributed by atoms with E-state index in [1.807, 2.05) is 0 Å². The predicted octanol–water partition coefficient (Wildman–Crippen LogP) is -1.71. The van der Waals surface area contributed by atoms with E-state index in [2.05, 4.69) is 38.5 Å². The van der Waals surface area contributed by atoms with Gasteiger partial charge in [0.1, 0.15) is 18.1 Å². The molecule has 0 rings (SSSR count). The van der Waals surface area contributed by atoms with E-state index in [4.69, 9.17) is 20.9 Å². The Morgan fingerprint density at radius 3 is 1.84 bits per heavy atom. The number of carbonyl (C=O) groups is 6. The number of nitrogens with two attached hydrogens (primary N) is 2. The number of ether oxygens (including phenoxy) is 2. The molecule has 0 unspecified atom stereocenters. The normalized spacial score (nSPS) is 12.6. The molecule has 0 aliphatic rings. The average Bonchev–Trinajstić information content (AvgIpc) is 2.96. The van der Waals surface area contributed by atoms with Crippen LogP contribution in [0.3, 0.4) is 0 Å². The first-order chi connectivity index (χ1) is 20.9. The lowest BCUT2D eigenvalue weighted by Crippen LogP contribution is -2.57. The molecule has 44 heavy (non-hydrogen) atoms. The number of unbranched alkanes of at least 4 members (excludes halogenated alkanes) is 1. The van der Waals surface area contributed by atoms with E-state index >= 15 is 0 Å². The Hall–Kier alpha value is -3.76. The highest BCUT2D eigenvalue weighted by Gasteiger charge is 2.29. The van der Waals surface area contributed by atoms with Gasteiger partial charge in [-0.25, -0.2) is 4.79 Å². The first kappa shape index (κ1) is 40.2. The van der Waals surface area contributed by atoms with Crippen molar-refractivity contribution in [1.29, 1.82) is 0 Å². The van der Waals surface area contributed by atoms with Gasteiger partial charge in [-0.2, -0.15) is 0 Å². The number of urea groups is 1. The third-order valence-corrected chi connectivity index (χ3v) is 6.09. The fourth-order valence-electron chi connectivity index (χ4n) is 3.78. The van der Waals surface area contributed by atoms with Gasteiger partial charge in [-0.15, -0.1) is 0 Å². The Morgan fingerprint density at radius 1 is 0.705 bits per heavy atom. The molecule has 0 aliphatic heterocycles. The minimum Gasteiger partial charge on any atom is -0.377 e. The first-order valence-corrected chi connectivity index (χ1v) is 14.9. The van der Waals surface area contributed by atoms with Crippen LogP contribution in [0.4, 0.5) is 4.79 Å². The van der Waals surface area contributed by atoms with Crippen LogP contribution < -0.4 is 43.4 Å². The molecule has 16 nitrogen and oxygen atoms in total. The highest BCUT2D eigenvalue weighted by atomic mass is 16.5. The highest BCUT2D eigenvalue weighted by molar-refractivity contribution is 5.95. The summed E-state index contributed by atoms with van der Waals surface area (Å²) in [4.78, 5) is 73.0. The highest BCUT2D eigenvalue weighted by Crippen LogP contribution is 2.06. The minimum absolute atomic E-state index is 0.0521. The zero-order chi connectivity index (χ0) is 33.3. The lowest BCUT2D eigenvalue weighted by molar-refractivity contribution is -0.133. The van der Waals surface area contributed by atoms with Crippen LogP contribution in [0.25, 0.3) is 0 Å². The second-order valence-electron chi connectivity index (χ2n) is 10.0. The van der Waals surface area contributed by atoms with Crippen molar-refractivity contribution in [1.82, 2.24) is 31.9 Å². The Morgan fingerprint density at radius 2 is 1.30 bits per heavy atom. The fraction of sp³-hybridized carbons (Fsp3) is 0.714. The van der Waals surface area contributed by atoms with E-state index in [-0.39, 0.29) is 38.6 Å². The van der Waals surface area contributed by atoms with Gasteiger partial charge in [-0.3, -0.25) is 24.0 Å². The van der Waals surface area contributed by atoms with E-state index < -0.39 is 47.8 Å². The molecule has 0 fully saturated rings. The number of nitrogens with one attached hydrogen (secondary N) is 6. The van der Waals surface area contributed by atoms with E-state index in [9.17, 15) is 28.8 Å². The van der Waals surface area contributed by atoms with Crippen molar-refractivity contribution < 1.29 is 38.2 Å². The van der Waals surface area contributed by atoms with Gasteiger partial charge in [0.15, 0.2) is 0 Å². The van der Waals surface area contributed by atoms with Gasteiger partial charge in [0, 0.05) is 33.0 Å². The summed E-state index contributed by atoms with van der Waals surface area (Å²) in [5, 5.41) is 15.7. The van der Waals surface area contributed by atoms with Crippen LogP contribution in [0.2, 0.25) is 0 Å². The topological polar surface area (TPSA) is 245 Å². The van der Waals surface area contributed by atoms with E-state index in [0.29, 0.717) is 64.0 Å². The second-order valence-corrected chi connectivity index (χ2v) is 10.0. The standard InChI is InChI=1S/C28H52N8O8/c1-5-23(38)31-13-15-43-17-18-44-16-14-32-25(39)21(10-8-12-33-28(30)42)35-27(41)24(19(2)3)36-26(40)22(34-20(4)37)9-6-7-11-29/h21-22,24H,2,5-18,29H2,1,3-4H3,(H,31,38)(H,32,39)(H,34,37)(H,35,41)(H,36,40)(H3,30,33,42)/t21-,22-,24-/m0/s1. The molecule has 10 N–H and O–H groups in total. The molecule has 16 heteroatoms. The summed E-state index contributed by atoms with van der Waals surface area (Å²) in [6.45, 7) is 10.7. The molecule has 0 heterocycles. The molecule has 3 atom stereocenters. The molecular weight excluding hydrogens is 576 g/mol. The quantitative estimate of drug-likeness (QED) is 0.0423. The largest absolute Gasteiger partial charge is 0.377 e. The van der Waals surface area contributed by atoms with Crippen LogP contribution in [0.5, 0.6) is 0 Å². The van der Waals surface area contributed by atoms with Crippen LogP contribution in [0.15, 0.2) is 12.2 Å². The SMILES string of the molecule is C=C(C)[C@H](NC(=O)[C@H](CCCCN)NC(C)=O)C(=O)N[C@@H](CCCNC(N)=O)C(=O)NCCOCCOCCNC(=O)CC. The lowest BCUT2D eigenvalue weighted by Gasteiger charge is -2.25. The van der Waals surface area contributed by atoms with Crippen LogP contribution in [-0.4, -0.2) is 106 Å².